The Morgan fingerprint density at radius 2 is 1.72 bits per heavy atom. The minimum Gasteiger partial charge on any atom is -0.390 e. The van der Waals surface area contributed by atoms with Crippen LogP contribution in [0.2, 0.25) is 0 Å². The second-order valence-electron chi connectivity index (χ2n) is 7.09. The van der Waals surface area contributed by atoms with Crippen LogP contribution in [0.5, 0.6) is 0 Å². The third-order valence-electron chi connectivity index (χ3n) is 4.27. The zero-order valence-corrected chi connectivity index (χ0v) is 21.0. The van der Waals surface area contributed by atoms with Crippen molar-refractivity contribution in [3.8, 4) is 0 Å². The molecule has 2 unspecified atom stereocenters. The molecule has 0 aromatic carbocycles. The molecule has 19 nitrogen and oxygen atoms in total. The number of hydrogen-bond acceptors (Lipinski definition) is 13. The lowest BCUT2D eigenvalue weighted by Gasteiger charge is -2.19. The van der Waals surface area contributed by atoms with Crippen molar-refractivity contribution in [2.45, 2.75) is 31.5 Å². The van der Waals surface area contributed by atoms with E-state index in [2.05, 4.69) is 18.1 Å². The molecule has 1 aromatic rings. The number of nitrogens with two attached hydrogens (primary N) is 1. The first-order chi connectivity index (χ1) is 16.6. The Bertz CT molecular complexity index is 1130. The maximum absolute atomic E-state index is 12.2. The molecule has 2 rings (SSSR count). The van der Waals surface area contributed by atoms with E-state index in [-0.39, 0.29) is 31.8 Å². The third kappa shape index (κ3) is 10.3. The third-order valence-corrected chi connectivity index (χ3v) is 8.07. The second-order valence-corrected chi connectivity index (χ2v) is 11.5. The Labute approximate surface area is 202 Å². The lowest BCUT2D eigenvalue weighted by Crippen LogP contribution is -2.34. The molecule has 1 aliphatic rings. The fourth-order valence-corrected chi connectivity index (χ4v) is 5.87. The molecule has 8 N–H and O–H groups in total. The van der Waals surface area contributed by atoms with E-state index in [1.165, 1.54) is 0 Å². The molecule has 0 aliphatic carbocycles. The highest BCUT2D eigenvalue weighted by Gasteiger charge is 2.43. The Morgan fingerprint density at radius 1 is 1.06 bits per heavy atom. The van der Waals surface area contributed by atoms with Gasteiger partial charge in [-0.05, 0) is 0 Å². The number of aromatic amines is 1. The van der Waals surface area contributed by atoms with Gasteiger partial charge in [0.1, 0.15) is 12.3 Å². The number of nitrogens with one attached hydrogen (secondary N) is 1. The monoisotopic (exact) mass is 585 g/mol. The molecule has 0 amide bonds. The van der Waals surface area contributed by atoms with Crippen LogP contribution in [0.1, 0.15) is 18.2 Å². The van der Waals surface area contributed by atoms with E-state index >= 15 is 0 Å². The minimum atomic E-state index is -5.72. The summed E-state index contributed by atoms with van der Waals surface area (Å²) in [6.45, 7) is -0.0756. The molecule has 0 saturated carbocycles. The van der Waals surface area contributed by atoms with Crippen molar-refractivity contribution in [2.24, 2.45) is 5.73 Å². The van der Waals surface area contributed by atoms with E-state index in [0.29, 0.717) is 13.2 Å². The van der Waals surface area contributed by atoms with Gasteiger partial charge in [-0.2, -0.15) is 8.62 Å². The molecular weight excluding hydrogens is 559 g/mol. The topological polar surface area (TPSA) is 289 Å². The highest BCUT2D eigenvalue weighted by atomic mass is 31.3. The molecule has 36 heavy (non-hydrogen) atoms. The van der Waals surface area contributed by atoms with E-state index < -0.39 is 59.8 Å². The number of ether oxygens (including phenoxy) is 3. The summed E-state index contributed by atoms with van der Waals surface area (Å²) >= 11 is 0. The Kier molecular flexibility index (Phi) is 11.3. The number of nitrogens with zero attached hydrogens (tertiary/aromatic N) is 1. The van der Waals surface area contributed by atoms with Crippen molar-refractivity contribution in [3.63, 3.8) is 0 Å². The van der Waals surface area contributed by atoms with Gasteiger partial charge < -0.3 is 44.6 Å². The fourth-order valence-electron chi connectivity index (χ4n) is 2.84. The highest BCUT2D eigenvalue weighted by Crippen LogP contribution is 2.66. The number of phosphoric acid groups is 3. The van der Waals surface area contributed by atoms with Crippen LogP contribution in [-0.4, -0.2) is 79.4 Å². The quantitative estimate of drug-likeness (QED) is 0.0866. The fraction of sp³-hybridized carbons (Fsp3) is 0.714. The van der Waals surface area contributed by atoms with Crippen LogP contribution in [0.15, 0.2) is 15.8 Å². The zero-order chi connectivity index (χ0) is 27.1. The number of aliphatic hydroxyl groups excluding tert-OH is 1. The summed E-state index contributed by atoms with van der Waals surface area (Å²) in [5.74, 6) is 0. The molecule has 5 atom stereocenters. The van der Waals surface area contributed by atoms with Gasteiger partial charge in [-0.15, -0.1) is 0 Å². The lowest BCUT2D eigenvalue weighted by atomic mass is 10.2. The van der Waals surface area contributed by atoms with E-state index in [0.717, 1.165) is 10.8 Å². The summed E-state index contributed by atoms with van der Waals surface area (Å²) in [7, 11) is -16.7. The number of aliphatic hydroxyl groups is 1. The van der Waals surface area contributed by atoms with Crippen LogP contribution in [-0.2, 0) is 47.7 Å². The van der Waals surface area contributed by atoms with Crippen LogP contribution in [0.4, 0.5) is 0 Å². The van der Waals surface area contributed by atoms with Crippen molar-refractivity contribution < 1.29 is 65.7 Å². The Hall–Kier alpha value is -1.11. The summed E-state index contributed by atoms with van der Waals surface area (Å²) in [6, 6.07) is 0. The molecule has 1 aromatic heterocycles. The molecule has 0 spiro atoms. The summed E-state index contributed by atoms with van der Waals surface area (Å²) < 4.78 is 62.3. The number of H-pyrrole nitrogens is 1. The first kappa shape index (κ1) is 31.1. The van der Waals surface area contributed by atoms with Gasteiger partial charge in [-0.3, -0.25) is 18.9 Å². The van der Waals surface area contributed by atoms with Crippen LogP contribution in [0.25, 0.3) is 0 Å². The summed E-state index contributed by atoms with van der Waals surface area (Å²) in [6.07, 6.45) is -2.99. The van der Waals surface area contributed by atoms with Crippen molar-refractivity contribution in [1.82, 2.24) is 9.55 Å². The predicted octanol–water partition coefficient (Wildman–Crippen LogP) is -1.98. The Balaban J connectivity index is 1.99. The second kappa shape index (κ2) is 13.1. The van der Waals surface area contributed by atoms with Crippen LogP contribution < -0.4 is 17.0 Å². The molecule has 208 valence electrons. The van der Waals surface area contributed by atoms with Crippen molar-refractivity contribution in [1.29, 1.82) is 0 Å². The van der Waals surface area contributed by atoms with Gasteiger partial charge in [0.25, 0.3) is 5.56 Å². The van der Waals surface area contributed by atoms with Crippen molar-refractivity contribution in [2.75, 3.05) is 33.0 Å². The van der Waals surface area contributed by atoms with E-state index in [9.17, 15) is 33.3 Å². The summed E-state index contributed by atoms with van der Waals surface area (Å²) in [5.41, 5.74) is 3.72. The molecule has 1 saturated heterocycles. The maximum Gasteiger partial charge on any atom is 0.490 e. The van der Waals surface area contributed by atoms with Gasteiger partial charge in [-0.1, -0.05) is 0 Å². The smallest absolute Gasteiger partial charge is 0.390 e. The molecule has 0 radical (unpaired) electrons. The number of rotatable bonds is 15. The van der Waals surface area contributed by atoms with E-state index in [4.69, 9.17) is 34.6 Å². The van der Waals surface area contributed by atoms with Crippen LogP contribution in [0.3, 0.4) is 0 Å². The molecule has 1 aliphatic heterocycles. The highest BCUT2D eigenvalue weighted by molar-refractivity contribution is 7.66. The molecular formula is C14H26N3O16P3. The van der Waals surface area contributed by atoms with Gasteiger partial charge in [0, 0.05) is 19.2 Å². The van der Waals surface area contributed by atoms with E-state index in [1.807, 2.05) is 0 Å². The molecule has 22 heteroatoms. The van der Waals surface area contributed by atoms with E-state index in [1.54, 1.807) is 0 Å². The number of aromatic nitrogens is 2. The minimum absolute atomic E-state index is 0.0447. The van der Waals surface area contributed by atoms with Crippen molar-refractivity contribution in [3.05, 3.63) is 32.6 Å². The summed E-state index contributed by atoms with van der Waals surface area (Å²) in [5, 5.41) is 10.2. The number of phosphoric ester groups is 1. The molecule has 0 bridgehead atoms. The SMILES string of the molecule is NCCOCCOCc1cn([C@H]2C[C@H](O)[C@@H](COP(=O)(O)OP(=O)(O)OP(=O)(O)O)O2)c(=O)[nH]c1=O. The Morgan fingerprint density at radius 3 is 2.36 bits per heavy atom. The predicted molar refractivity (Wildman–Crippen MR) is 115 cm³/mol. The van der Waals surface area contributed by atoms with Gasteiger partial charge in [0.15, 0.2) is 0 Å². The lowest BCUT2D eigenvalue weighted by molar-refractivity contribution is -0.0452. The molecule has 2 heterocycles. The standard InChI is InChI=1S/C14H26N3O16P3/c15-1-2-28-3-4-29-7-9-6-17(14(20)16-13(9)19)12-5-10(18)11(31-12)8-30-35(24,25)33-36(26,27)32-34(21,22)23/h6,10-12,18H,1-5,7-8,15H2,(H,24,25)(H,26,27)(H,16,19,20)(H2,21,22,23)/t10-,11+,12+/m0/s1. The van der Waals surface area contributed by atoms with Gasteiger partial charge in [0.05, 0.1) is 44.7 Å². The average molecular weight is 585 g/mol. The zero-order valence-electron chi connectivity index (χ0n) is 18.4. The first-order valence-electron chi connectivity index (χ1n) is 9.94. The van der Waals surface area contributed by atoms with Gasteiger partial charge >= 0.3 is 29.2 Å². The van der Waals surface area contributed by atoms with Gasteiger partial charge in [0.2, 0.25) is 0 Å². The number of hydrogen-bond donors (Lipinski definition) is 7. The maximum atomic E-state index is 12.2. The molecule has 1 fully saturated rings. The van der Waals surface area contributed by atoms with Crippen LogP contribution in [0, 0.1) is 0 Å². The summed E-state index contributed by atoms with van der Waals surface area (Å²) in [4.78, 5) is 62.0. The van der Waals surface area contributed by atoms with Crippen molar-refractivity contribution >= 4 is 23.5 Å². The van der Waals surface area contributed by atoms with Gasteiger partial charge in [-0.25, -0.2) is 18.5 Å². The largest absolute Gasteiger partial charge is 0.490 e. The van der Waals surface area contributed by atoms with Crippen LogP contribution >= 0.6 is 23.5 Å². The normalized spacial score (nSPS) is 23.9. The average Bonchev–Trinajstić information content (AvgIpc) is 3.08. The first-order valence-corrected chi connectivity index (χ1v) is 14.5.